The maximum atomic E-state index is 13.8. The van der Waals surface area contributed by atoms with Gasteiger partial charge in [0, 0.05) is 42.2 Å². The molecule has 226 valence electrons. The Morgan fingerprint density at radius 2 is 1.98 bits per heavy atom. The SMILES string of the molecule is C=C(/C=C\C=C/C)[C@H](Nc1cc(Cl)c2ncc(C#N)c(Nc3ccc(F)c(Cl)c3)c2c1)C1=CN(C2C3CN(CC)CC32)NN1. The average molecular weight is 632 g/mol. The van der Waals surface area contributed by atoms with Gasteiger partial charge in [0.05, 0.1) is 44.6 Å². The topological polar surface area (TPSA) is 91.3 Å². The molecular weight excluding hydrogens is 598 g/mol. The van der Waals surface area contributed by atoms with E-state index in [0.29, 0.717) is 56.4 Å². The van der Waals surface area contributed by atoms with Crippen molar-refractivity contribution in [1.82, 2.24) is 25.9 Å². The molecule has 1 aliphatic carbocycles. The molecule has 0 spiro atoms. The van der Waals surface area contributed by atoms with E-state index < -0.39 is 5.82 Å². The van der Waals surface area contributed by atoms with Gasteiger partial charge in [-0.15, -0.1) is 5.53 Å². The third kappa shape index (κ3) is 5.86. The number of likely N-dealkylation sites (tertiary alicyclic amines) is 1. The number of allylic oxidation sites excluding steroid dienone is 3. The maximum absolute atomic E-state index is 13.8. The summed E-state index contributed by atoms with van der Waals surface area (Å²) < 4.78 is 13.8. The highest BCUT2D eigenvalue weighted by Gasteiger charge is 2.58. The molecule has 0 radical (unpaired) electrons. The molecule has 2 fully saturated rings. The molecule has 3 atom stereocenters. The van der Waals surface area contributed by atoms with Crippen LogP contribution in [0.3, 0.4) is 0 Å². The van der Waals surface area contributed by atoms with Gasteiger partial charge in [-0.05, 0) is 61.2 Å². The van der Waals surface area contributed by atoms with E-state index in [0.717, 1.165) is 30.9 Å². The molecule has 0 bridgehead atoms. The van der Waals surface area contributed by atoms with E-state index in [2.05, 4.69) is 62.3 Å². The number of hydrogen-bond donors (Lipinski definition) is 4. The molecule has 1 saturated heterocycles. The minimum Gasteiger partial charge on any atom is -0.373 e. The molecular formula is C33H33Cl2FN8. The Hall–Kier alpha value is -4.07. The molecule has 3 heterocycles. The van der Waals surface area contributed by atoms with Gasteiger partial charge in [0.2, 0.25) is 0 Å². The van der Waals surface area contributed by atoms with Gasteiger partial charge in [0.25, 0.3) is 0 Å². The summed E-state index contributed by atoms with van der Waals surface area (Å²) in [5.41, 5.74) is 11.0. The predicted octanol–water partition coefficient (Wildman–Crippen LogP) is 6.88. The number of nitrogens with zero attached hydrogens (tertiary/aromatic N) is 4. The summed E-state index contributed by atoms with van der Waals surface area (Å²) in [7, 11) is 0. The van der Waals surface area contributed by atoms with Crippen LogP contribution in [0.4, 0.5) is 21.5 Å². The molecule has 2 aromatic carbocycles. The normalized spacial score (nSPS) is 21.8. The van der Waals surface area contributed by atoms with E-state index in [1.165, 1.54) is 18.3 Å². The van der Waals surface area contributed by atoms with Crippen molar-refractivity contribution in [3.8, 4) is 6.07 Å². The van der Waals surface area contributed by atoms with Crippen molar-refractivity contribution in [2.75, 3.05) is 30.3 Å². The number of nitriles is 1. The van der Waals surface area contributed by atoms with Crippen molar-refractivity contribution in [2.45, 2.75) is 25.9 Å². The van der Waals surface area contributed by atoms with Gasteiger partial charge in [0.1, 0.15) is 11.9 Å². The van der Waals surface area contributed by atoms with E-state index in [4.69, 9.17) is 23.2 Å². The van der Waals surface area contributed by atoms with Crippen LogP contribution in [0, 0.1) is 29.0 Å². The molecule has 1 aromatic heterocycles. The monoisotopic (exact) mass is 630 g/mol. The molecule has 8 nitrogen and oxygen atoms in total. The first-order chi connectivity index (χ1) is 21.3. The van der Waals surface area contributed by atoms with Gasteiger partial charge in [0.15, 0.2) is 0 Å². The summed E-state index contributed by atoms with van der Waals surface area (Å²) in [5, 5.41) is 19.9. The second-order valence-corrected chi connectivity index (χ2v) is 12.0. The van der Waals surface area contributed by atoms with E-state index in [1.807, 2.05) is 43.4 Å². The highest BCUT2D eigenvalue weighted by Crippen LogP contribution is 2.49. The van der Waals surface area contributed by atoms with Gasteiger partial charge in [-0.3, -0.25) is 9.99 Å². The summed E-state index contributed by atoms with van der Waals surface area (Å²) in [5.74, 6) is 0.788. The van der Waals surface area contributed by atoms with Crippen LogP contribution in [-0.2, 0) is 0 Å². The molecule has 0 amide bonds. The first kappa shape index (κ1) is 30.0. The number of pyridine rings is 1. The predicted molar refractivity (Wildman–Crippen MR) is 176 cm³/mol. The number of hydrazine groups is 2. The fourth-order valence-corrected chi connectivity index (χ4v) is 6.56. The van der Waals surface area contributed by atoms with E-state index in [1.54, 1.807) is 6.07 Å². The average Bonchev–Trinajstić information content (AvgIpc) is 3.33. The lowest BCUT2D eigenvalue weighted by molar-refractivity contribution is 0.201. The Bertz CT molecular complexity index is 1730. The summed E-state index contributed by atoms with van der Waals surface area (Å²) >= 11 is 12.8. The molecule has 3 aromatic rings. The maximum Gasteiger partial charge on any atom is 0.141 e. The zero-order chi connectivity index (χ0) is 31.0. The number of nitrogens with one attached hydrogen (secondary N) is 4. The van der Waals surface area contributed by atoms with E-state index >= 15 is 0 Å². The Labute approximate surface area is 266 Å². The van der Waals surface area contributed by atoms with Crippen molar-refractivity contribution in [3.05, 3.63) is 106 Å². The lowest BCUT2D eigenvalue weighted by atomic mass is 10.0. The molecule has 4 N–H and O–H groups in total. The molecule has 2 unspecified atom stereocenters. The summed E-state index contributed by atoms with van der Waals surface area (Å²) in [6.07, 6.45) is 11.4. The third-order valence-electron chi connectivity index (χ3n) is 8.44. The summed E-state index contributed by atoms with van der Waals surface area (Å²) in [4.78, 5) is 6.96. The number of halogens is 3. The van der Waals surface area contributed by atoms with E-state index in [9.17, 15) is 9.65 Å². The third-order valence-corrected chi connectivity index (χ3v) is 9.02. The Balaban J connectivity index is 1.33. The van der Waals surface area contributed by atoms with Gasteiger partial charge in [-0.2, -0.15) is 5.26 Å². The highest BCUT2D eigenvalue weighted by atomic mass is 35.5. The number of aromatic nitrogens is 1. The number of benzene rings is 2. The van der Waals surface area contributed by atoms with Gasteiger partial charge >= 0.3 is 0 Å². The van der Waals surface area contributed by atoms with Gasteiger partial charge < -0.3 is 21.0 Å². The van der Waals surface area contributed by atoms with Gasteiger partial charge in [-0.1, -0.05) is 61.0 Å². The first-order valence-electron chi connectivity index (χ1n) is 14.5. The number of hydrogen-bond acceptors (Lipinski definition) is 8. The Morgan fingerprint density at radius 1 is 1.20 bits per heavy atom. The van der Waals surface area contributed by atoms with Crippen LogP contribution >= 0.6 is 23.2 Å². The molecule has 1 saturated carbocycles. The van der Waals surface area contributed by atoms with Crippen LogP contribution < -0.4 is 21.6 Å². The van der Waals surface area contributed by atoms with Crippen LogP contribution in [0.2, 0.25) is 10.0 Å². The number of fused-ring (bicyclic) bond motifs is 2. The first-order valence-corrected chi connectivity index (χ1v) is 15.3. The number of piperidine rings is 1. The second-order valence-electron chi connectivity index (χ2n) is 11.2. The van der Waals surface area contributed by atoms with Crippen LogP contribution in [0.5, 0.6) is 0 Å². The van der Waals surface area contributed by atoms with Crippen molar-refractivity contribution in [1.29, 1.82) is 5.26 Å². The van der Waals surface area contributed by atoms with Crippen molar-refractivity contribution in [2.24, 2.45) is 11.8 Å². The zero-order valence-electron chi connectivity index (χ0n) is 24.4. The zero-order valence-corrected chi connectivity index (χ0v) is 25.9. The smallest absolute Gasteiger partial charge is 0.141 e. The van der Waals surface area contributed by atoms with Crippen LogP contribution in [0.15, 0.2) is 84.9 Å². The van der Waals surface area contributed by atoms with Crippen LogP contribution in [-0.4, -0.2) is 46.6 Å². The summed E-state index contributed by atoms with van der Waals surface area (Å²) in [6.45, 7) is 11.9. The fourth-order valence-electron chi connectivity index (χ4n) is 6.11. The van der Waals surface area contributed by atoms with Gasteiger partial charge in [-0.25, -0.2) is 4.39 Å². The minimum atomic E-state index is -0.530. The lowest BCUT2D eigenvalue weighted by Crippen LogP contribution is -2.42. The minimum absolute atomic E-state index is 0.0305. The molecule has 3 aliphatic rings. The molecule has 2 aliphatic heterocycles. The Morgan fingerprint density at radius 3 is 2.68 bits per heavy atom. The Kier molecular flexibility index (Phi) is 8.52. The van der Waals surface area contributed by atoms with Crippen molar-refractivity contribution in [3.63, 3.8) is 0 Å². The molecule has 6 rings (SSSR count). The molecule has 11 heteroatoms. The fraction of sp³-hybridized carbons (Fsp3) is 0.273. The second kappa shape index (κ2) is 12.5. The number of anilines is 3. The quantitative estimate of drug-likeness (QED) is 0.180. The van der Waals surface area contributed by atoms with Crippen molar-refractivity contribution < 1.29 is 4.39 Å². The molecule has 44 heavy (non-hydrogen) atoms. The standard InChI is InChI=1S/C33H33Cl2FN8/c1-4-6-7-8-19(3)30(29-18-44(42-41-29)33-24-16-43(5-2)17-25(24)33)40-22-11-23-31(39-21-9-10-28(36)26(34)12-21)20(14-37)15-38-32(23)27(35)13-22/h4,6-13,15,18,24-25,30,33,40-42H,3,5,16-17H2,1-2H3,(H,38,39)/b6-4-,8-7-/t24?,25?,30-,33?/m0/s1. The lowest BCUT2D eigenvalue weighted by Gasteiger charge is -2.22. The highest BCUT2D eigenvalue weighted by molar-refractivity contribution is 6.36. The largest absolute Gasteiger partial charge is 0.373 e. The number of rotatable bonds is 10. The summed E-state index contributed by atoms with van der Waals surface area (Å²) in [6, 6.07) is 10.3. The van der Waals surface area contributed by atoms with Crippen LogP contribution in [0.25, 0.3) is 10.9 Å². The van der Waals surface area contributed by atoms with E-state index in [-0.39, 0.29) is 11.1 Å². The van der Waals surface area contributed by atoms with Crippen LogP contribution in [0.1, 0.15) is 19.4 Å². The van der Waals surface area contributed by atoms with Crippen molar-refractivity contribution >= 4 is 51.2 Å².